The SMILES string of the molecule is O=C(Nc1nc2ccccc2[nH]1)C(Cl)c1ccccc1. The summed E-state index contributed by atoms with van der Waals surface area (Å²) in [4.78, 5) is 19.4. The molecule has 0 radical (unpaired) electrons. The van der Waals surface area contributed by atoms with Gasteiger partial charge in [0.2, 0.25) is 11.9 Å². The molecule has 0 aliphatic carbocycles. The van der Waals surface area contributed by atoms with Crippen LogP contribution in [0.2, 0.25) is 0 Å². The number of anilines is 1. The molecule has 0 aliphatic heterocycles. The fourth-order valence-electron chi connectivity index (χ4n) is 1.97. The molecule has 20 heavy (non-hydrogen) atoms. The lowest BCUT2D eigenvalue weighted by atomic mass is 10.1. The molecule has 0 spiro atoms. The maximum Gasteiger partial charge on any atom is 0.249 e. The number of nitrogens with zero attached hydrogens (tertiary/aromatic N) is 1. The number of carbonyl (C=O) groups excluding carboxylic acids is 1. The van der Waals surface area contributed by atoms with E-state index in [2.05, 4.69) is 15.3 Å². The lowest BCUT2D eigenvalue weighted by Crippen LogP contribution is -2.18. The molecule has 0 saturated carbocycles. The molecule has 2 aromatic carbocycles. The van der Waals surface area contributed by atoms with E-state index in [1.807, 2.05) is 54.6 Å². The number of aromatic nitrogens is 2. The normalized spacial score (nSPS) is 12.2. The summed E-state index contributed by atoms with van der Waals surface area (Å²) in [5.74, 6) is 0.0923. The lowest BCUT2D eigenvalue weighted by Gasteiger charge is -2.08. The number of nitrogens with one attached hydrogen (secondary N) is 2. The summed E-state index contributed by atoms with van der Waals surface area (Å²) >= 11 is 6.15. The predicted molar refractivity (Wildman–Crippen MR) is 79.8 cm³/mol. The standard InChI is InChI=1S/C15H12ClN3O/c16-13(10-6-2-1-3-7-10)14(20)19-15-17-11-8-4-5-9-12(11)18-15/h1-9,13H,(H2,17,18,19,20). The Hall–Kier alpha value is -2.33. The van der Waals surface area contributed by atoms with Gasteiger partial charge in [0, 0.05) is 0 Å². The Morgan fingerprint density at radius 3 is 2.55 bits per heavy atom. The number of aromatic amines is 1. The fraction of sp³-hybridized carbons (Fsp3) is 0.0667. The van der Waals surface area contributed by atoms with Crippen LogP contribution >= 0.6 is 11.6 Å². The third-order valence-electron chi connectivity index (χ3n) is 2.95. The Balaban J connectivity index is 1.78. The number of rotatable bonds is 3. The molecule has 1 unspecified atom stereocenters. The van der Waals surface area contributed by atoms with Gasteiger partial charge in [0.05, 0.1) is 11.0 Å². The number of para-hydroxylation sites is 2. The molecular weight excluding hydrogens is 274 g/mol. The van der Waals surface area contributed by atoms with Gasteiger partial charge in [-0.3, -0.25) is 10.1 Å². The number of alkyl halides is 1. The third-order valence-corrected chi connectivity index (χ3v) is 3.40. The van der Waals surface area contributed by atoms with Crippen LogP contribution in [-0.2, 0) is 4.79 Å². The van der Waals surface area contributed by atoms with Crippen LogP contribution in [0, 0.1) is 0 Å². The van der Waals surface area contributed by atoms with E-state index in [1.165, 1.54) is 0 Å². The highest BCUT2D eigenvalue weighted by atomic mass is 35.5. The third kappa shape index (κ3) is 2.51. The van der Waals surface area contributed by atoms with Gasteiger partial charge in [-0.25, -0.2) is 4.98 Å². The topological polar surface area (TPSA) is 57.8 Å². The Morgan fingerprint density at radius 1 is 1.10 bits per heavy atom. The number of hydrogen-bond acceptors (Lipinski definition) is 2. The average molecular weight is 286 g/mol. The van der Waals surface area contributed by atoms with Gasteiger partial charge >= 0.3 is 0 Å². The minimum absolute atomic E-state index is 0.308. The second kappa shape index (κ2) is 5.35. The van der Waals surface area contributed by atoms with E-state index in [4.69, 9.17) is 11.6 Å². The van der Waals surface area contributed by atoms with Crippen LogP contribution in [0.1, 0.15) is 10.9 Å². The summed E-state index contributed by atoms with van der Waals surface area (Å²) in [5, 5.41) is 1.95. The number of fused-ring (bicyclic) bond motifs is 1. The zero-order valence-corrected chi connectivity index (χ0v) is 11.3. The van der Waals surface area contributed by atoms with Gasteiger partial charge in [-0.1, -0.05) is 42.5 Å². The summed E-state index contributed by atoms with van der Waals surface area (Å²) in [6.45, 7) is 0. The van der Waals surface area contributed by atoms with E-state index < -0.39 is 5.38 Å². The molecule has 1 atom stereocenters. The molecule has 2 N–H and O–H groups in total. The molecule has 4 nitrogen and oxygen atoms in total. The van der Waals surface area contributed by atoms with Crippen LogP contribution in [0.25, 0.3) is 11.0 Å². The Bertz CT molecular complexity index is 706. The molecule has 3 aromatic rings. The zero-order chi connectivity index (χ0) is 13.9. The Morgan fingerprint density at radius 2 is 1.80 bits per heavy atom. The van der Waals surface area contributed by atoms with Crippen molar-refractivity contribution >= 4 is 34.5 Å². The van der Waals surface area contributed by atoms with Crippen molar-refractivity contribution in [1.29, 1.82) is 0 Å². The molecule has 1 aromatic heterocycles. The van der Waals surface area contributed by atoms with Gasteiger partial charge in [-0.2, -0.15) is 0 Å². The van der Waals surface area contributed by atoms with E-state index in [9.17, 15) is 4.79 Å². The first-order valence-electron chi connectivity index (χ1n) is 6.18. The summed E-state index contributed by atoms with van der Waals surface area (Å²) < 4.78 is 0. The van der Waals surface area contributed by atoms with Crippen LogP contribution in [0.5, 0.6) is 0 Å². The van der Waals surface area contributed by atoms with Crippen molar-refractivity contribution in [3.8, 4) is 0 Å². The molecule has 0 aliphatic rings. The number of benzene rings is 2. The highest BCUT2D eigenvalue weighted by Gasteiger charge is 2.18. The first-order chi connectivity index (χ1) is 9.74. The Kier molecular flexibility index (Phi) is 3.39. The maximum atomic E-state index is 12.1. The molecule has 1 heterocycles. The molecule has 3 rings (SSSR count). The Labute approximate surface area is 120 Å². The molecule has 1 amide bonds. The van der Waals surface area contributed by atoms with Crippen molar-refractivity contribution in [3.63, 3.8) is 0 Å². The van der Waals surface area contributed by atoms with Crippen molar-refractivity contribution in [3.05, 3.63) is 60.2 Å². The van der Waals surface area contributed by atoms with Crippen LogP contribution in [0.3, 0.4) is 0 Å². The molecular formula is C15H12ClN3O. The van der Waals surface area contributed by atoms with Gasteiger partial charge < -0.3 is 4.98 Å². The number of amides is 1. The summed E-state index contributed by atoms with van der Waals surface area (Å²) in [6.07, 6.45) is 0. The summed E-state index contributed by atoms with van der Waals surface area (Å²) in [7, 11) is 0. The first-order valence-corrected chi connectivity index (χ1v) is 6.62. The number of imidazole rings is 1. The van der Waals surface area contributed by atoms with Crippen molar-refractivity contribution in [1.82, 2.24) is 9.97 Å². The van der Waals surface area contributed by atoms with Crippen molar-refractivity contribution < 1.29 is 4.79 Å². The second-order valence-corrected chi connectivity index (χ2v) is 4.80. The van der Waals surface area contributed by atoms with Gasteiger partial charge in [0.1, 0.15) is 5.38 Å². The summed E-state index contributed by atoms with van der Waals surface area (Å²) in [5.41, 5.74) is 2.42. The van der Waals surface area contributed by atoms with Crippen LogP contribution < -0.4 is 5.32 Å². The number of hydrogen-bond donors (Lipinski definition) is 2. The van der Waals surface area contributed by atoms with E-state index in [1.54, 1.807) is 0 Å². The number of halogens is 1. The fourth-order valence-corrected chi connectivity index (χ4v) is 2.17. The predicted octanol–water partition coefficient (Wildman–Crippen LogP) is 3.48. The van der Waals surface area contributed by atoms with Gasteiger partial charge in [-0.05, 0) is 17.7 Å². The highest BCUT2D eigenvalue weighted by molar-refractivity contribution is 6.32. The van der Waals surface area contributed by atoms with E-state index in [-0.39, 0.29) is 5.91 Å². The average Bonchev–Trinajstić information content (AvgIpc) is 2.89. The monoisotopic (exact) mass is 285 g/mol. The van der Waals surface area contributed by atoms with E-state index in [0.717, 1.165) is 16.6 Å². The molecule has 0 bridgehead atoms. The van der Waals surface area contributed by atoms with Crippen molar-refractivity contribution in [2.24, 2.45) is 0 Å². The second-order valence-electron chi connectivity index (χ2n) is 4.37. The maximum absolute atomic E-state index is 12.1. The minimum Gasteiger partial charge on any atom is -0.324 e. The minimum atomic E-state index is -0.746. The summed E-state index contributed by atoms with van der Waals surface area (Å²) in [6, 6.07) is 16.8. The lowest BCUT2D eigenvalue weighted by molar-refractivity contribution is -0.116. The van der Waals surface area contributed by atoms with Gasteiger partial charge in [0.15, 0.2) is 0 Å². The van der Waals surface area contributed by atoms with Crippen LogP contribution in [0.15, 0.2) is 54.6 Å². The van der Waals surface area contributed by atoms with Crippen molar-refractivity contribution in [2.45, 2.75) is 5.38 Å². The number of H-pyrrole nitrogens is 1. The molecule has 0 saturated heterocycles. The smallest absolute Gasteiger partial charge is 0.249 e. The highest BCUT2D eigenvalue weighted by Crippen LogP contribution is 2.22. The first kappa shape index (κ1) is 12.7. The van der Waals surface area contributed by atoms with Crippen LogP contribution in [0.4, 0.5) is 5.95 Å². The van der Waals surface area contributed by atoms with Crippen molar-refractivity contribution in [2.75, 3.05) is 5.32 Å². The van der Waals surface area contributed by atoms with E-state index >= 15 is 0 Å². The molecule has 5 heteroatoms. The molecule has 100 valence electrons. The number of carbonyl (C=O) groups is 1. The molecule has 0 fully saturated rings. The zero-order valence-electron chi connectivity index (χ0n) is 10.5. The van der Waals surface area contributed by atoms with Gasteiger partial charge in [-0.15, -0.1) is 11.6 Å². The van der Waals surface area contributed by atoms with Gasteiger partial charge in [0.25, 0.3) is 0 Å². The van der Waals surface area contributed by atoms with E-state index in [0.29, 0.717) is 5.95 Å². The largest absolute Gasteiger partial charge is 0.324 e. The quantitative estimate of drug-likeness (QED) is 0.724. The van der Waals surface area contributed by atoms with Crippen LogP contribution in [-0.4, -0.2) is 15.9 Å².